The fourth-order valence-electron chi connectivity index (χ4n) is 2.42. The number of rotatable bonds is 5. The Balaban J connectivity index is 2.87. The summed E-state index contributed by atoms with van der Waals surface area (Å²) in [4.78, 5) is 0. The van der Waals surface area contributed by atoms with Gasteiger partial charge in [0.25, 0.3) is 0 Å². The topological polar surface area (TPSA) is 89.0 Å². The van der Waals surface area contributed by atoms with E-state index >= 15 is 0 Å². The van der Waals surface area contributed by atoms with Gasteiger partial charge in [0.1, 0.15) is 11.5 Å². The third-order valence-electron chi connectivity index (χ3n) is 3.42. The normalized spacial score (nSPS) is 12.9. The van der Waals surface area contributed by atoms with Gasteiger partial charge in [-0.05, 0) is 12.1 Å². The van der Waals surface area contributed by atoms with Gasteiger partial charge in [0.15, 0.2) is 11.5 Å². The van der Waals surface area contributed by atoms with Gasteiger partial charge in [-0.2, -0.15) is 0 Å². The molecule has 34 heavy (non-hydrogen) atoms. The number of nitrogens with two attached hydrogens (primary N) is 2. The van der Waals surface area contributed by atoms with Crippen molar-refractivity contribution in [1.82, 2.24) is 0 Å². The highest BCUT2D eigenvalue weighted by Gasteiger charge is 2.38. The zero-order valence-corrected chi connectivity index (χ0v) is 15.6. The molecule has 18 heteroatoms. The van der Waals surface area contributed by atoms with Crippen molar-refractivity contribution in [3.63, 3.8) is 0 Å². The lowest BCUT2D eigenvalue weighted by atomic mass is 10.0. The summed E-state index contributed by atoms with van der Waals surface area (Å²) in [5, 5.41) is 0. The molecule has 4 N–H and O–H groups in total. The van der Waals surface area contributed by atoms with Gasteiger partial charge >= 0.3 is 25.4 Å². The summed E-state index contributed by atoms with van der Waals surface area (Å²) in [5.41, 5.74) is 5.52. The van der Waals surface area contributed by atoms with Gasteiger partial charge in [0.05, 0.1) is 11.4 Å². The first-order valence-electron chi connectivity index (χ1n) is 8.04. The lowest BCUT2D eigenvalue weighted by Crippen LogP contribution is -2.21. The van der Waals surface area contributed by atoms with Crippen molar-refractivity contribution in [3.8, 4) is 34.1 Å². The van der Waals surface area contributed by atoms with E-state index in [1.165, 1.54) is 0 Å². The molecule has 0 aliphatic carbocycles. The number of halogens is 12. The van der Waals surface area contributed by atoms with E-state index < -0.39 is 70.9 Å². The highest BCUT2D eigenvalue weighted by molar-refractivity contribution is 5.83. The molecule has 0 spiro atoms. The van der Waals surface area contributed by atoms with Crippen molar-refractivity contribution in [2.75, 3.05) is 11.5 Å². The Hall–Kier alpha value is -3.60. The lowest BCUT2D eigenvalue weighted by Gasteiger charge is -2.21. The van der Waals surface area contributed by atoms with E-state index in [4.69, 9.17) is 11.5 Å². The first-order chi connectivity index (χ1) is 15.1. The first kappa shape index (κ1) is 26.7. The number of benzene rings is 2. The van der Waals surface area contributed by atoms with Crippen LogP contribution < -0.4 is 30.4 Å². The molecule has 0 saturated heterocycles. The molecule has 0 aliphatic heterocycles. The molecule has 0 unspecified atom stereocenters. The standard InChI is InChI=1S/C16H8F12N2O4/c17-13(18,19)31-9-3-7(29)11(33-15(23,24)25)1-5(9)6-2-12(34-16(26,27)28)8(30)4-10(6)32-14(20,21)22/h1-4H,29-30H2. The Morgan fingerprint density at radius 3 is 0.882 bits per heavy atom. The van der Waals surface area contributed by atoms with Crippen molar-refractivity contribution >= 4 is 11.4 Å². The van der Waals surface area contributed by atoms with E-state index in [9.17, 15) is 52.7 Å². The Kier molecular flexibility index (Phi) is 6.77. The number of anilines is 2. The van der Waals surface area contributed by atoms with E-state index in [1.54, 1.807) is 0 Å². The maximum atomic E-state index is 12.8. The molecule has 2 rings (SSSR count). The zero-order valence-electron chi connectivity index (χ0n) is 15.6. The third-order valence-corrected chi connectivity index (χ3v) is 3.42. The number of ether oxygens (including phenoxy) is 4. The Morgan fingerprint density at radius 2 is 0.647 bits per heavy atom. The molecular weight excluding hydrogens is 512 g/mol. The molecule has 0 radical (unpaired) electrons. The fraction of sp³-hybridized carbons (Fsp3) is 0.250. The van der Waals surface area contributed by atoms with Gasteiger partial charge in [-0.25, -0.2) is 0 Å². The zero-order chi connectivity index (χ0) is 26.3. The fourth-order valence-corrected chi connectivity index (χ4v) is 2.42. The minimum absolute atomic E-state index is 0.0377. The van der Waals surface area contributed by atoms with Crippen LogP contribution in [-0.2, 0) is 0 Å². The second-order valence-corrected chi connectivity index (χ2v) is 5.96. The summed E-state index contributed by atoms with van der Waals surface area (Å²) in [6.07, 6.45) is -22.1. The molecule has 0 saturated carbocycles. The van der Waals surface area contributed by atoms with Crippen molar-refractivity contribution < 1.29 is 71.6 Å². The van der Waals surface area contributed by atoms with Crippen LogP contribution in [0.25, 0.3) is 11.1 Å². The summed E-state index contributed by atoms with van der Waals surface area (Å²) in [6, 6.07) is 0.246. The third kappa shape index (κ3) is 7.77. The van der Waals surface area contributed by atoms with E-state index in [-0.39, 0.29) is 24.3 Å². The smallest absolute Gasteiger partial charge is 0.405 e. The molecule has 0 aliphatic rings. The molecule has 0 bridgehead atoms. The van der Waals surface area contributed by atoms with Crippen LogP contribution in [0.5, 0.6) is 23.0 Å². The van der Waals surface area contributed by atoms with E-state index in [0.29, 0.717) is 0 Å². The Bertz CT molecular complexity index is 961. The maximum absolute atomic E-state index is 12.8. The SMILES string of the molecule is Nc1cc(OC(F)(F)F)c(-c2cc(OC(F)(F)F)c(N)cc2OC(F)(F)F)cc1OC(F)(F)F. The summed E-state index contributed by atoms with van der Waals surface area (Å²) in [6.45, 7) is 0. The molecule has 2 aromatic carbocycles. The molecule has 190 valence electrons. The highest BCUT2D eigenvalue weighted by Crippen LogP contribution is 2.48. The van der Waals surface area contributed by atoms with Crippen LogP contribution in [0, 0.1) is 0 Å². The van der Waals surface area contributed by atoms with Crippen molar-refractivity contribution in [3.05, 3.63) is 24.3 Å². The lowest BCUT2D eigenvalue weighted by molar-refractivity contribution is -0.277. The van der Waals surface area contributed by atoms with E-state index in [0.717, 1.165) is 0 Å². The van der Waals surface area contributed by atoms with Crippen molar-refractivity contribution in [1.29, 1.82) is 0 Å². The monoisotopic (exact) mass is 520 g/mol. The molecule has 2 aromatic rings. The molecule has 0 aromatic heterocycles. The molecule has 0 fully saturated rings. The van der Waals surface area contributed by atoms with Crippen LogP contribution in [0.4, 0.5) is 64.1 Å². The van der Waals surface area contributed by atoms with Crippen LogP contribution in [0.3, 0.4) is 0 Å². The Labute approximate surface area is 179 Å². The predicted octanol–water partition coefficient (Wildman–Crippen LogP) is 6.11. The quantitative estimate of drug-likeness (QED) is 0.365. The van der Waals surface area contributed by atoms with Gasteiger partial charge in [0.2, 0.25) is 0 Å². The average molecular weight is 520 g/mol. The molecule has 0 heterocycles. The number of alkyl halides is 12. The Morgan fingerprint density at radius 1 is 0.412 bits per heavy atom. The maximum Gasteiger partial charge on any atom is 0.573 e. The summed E-state index contributed by atoms with van der Waals surface area (Å²) in [7, 11) is 0. The van der Waals surface area contributed by atoms with Gasteiger partial charge in [0, 0.05) is 23.3 Å². The largest absolute Gasteiger partial charge is 0.573 e. The second-order valence-electron chi connectivity index (χ2n) is 5.96. The van der Waals surface area contributed by atoms with Crippen LogP contribution in [0.1, 0.15) is 0 Å². The molecule has 0 amide bonds. The number of hydrogen-bond donors (Lipinski definition) is 2. The minimum Gasteiger partial charge on any atom is -0.405 e. The number of nitrogen functional groups attached to an aromatic ring is 2. The van der Waals surface area contributed by atoms with Gasteiger partial charge in [-0.15, -0.1) is 52.7 Å². The van der Waals surface area contributed by atoms with Crippen LogP contribution >= 0.6 is 0 Å². The second kappa shape index (κ2) is 8.64. The predicted molar refractivity (Wildman–Crippen MR) is 87.4 cm³/mol. The average Bonchev–Trinajstić information content (AvgIpc) is 2.55. The highest BCUT2D eigenvalue weighted by atomic mass is 19.4. The molecule has 0 atom stereocenters. The summed E-state index contributed by atoms with van der Waals surface area (Å²) < 4.78 is 167. The minimum atomic E-state index is -5.57. The first-order valence-corrected chi connectivity index (χ1v) is 8.04. The summed E-state index contributed by atoms with van der Waals surface area (Å²) in [5.74, 6) is -5.89. The van der Waals surface area contributed by atoms with Crippen LogP contribution in [0.2, 0.25) is 0 Å². The number of hydrogen-bond acceptors (Lipinski definition) is 6. The van der Waals surface area contributed by atoms with Gasteiger partial charge in [-0.1, -0.05) is 0 Å². The van der Waals surface area contributed by atoms with E-state index in [2.05, 4.69) is 18.9 Å². The van der Waals surface area contributed by atoms with E-state index in [1.807, 2.05) is 0 Å². The van der Waals surface area contributed by atoms with Crippen LogP contribution in [-0.4, -0.2) is 25.4 Å². The van der Waals surface area contributed by atoms with Crippen molar-refractivity contribution in [2.45, 2.75) is 25.4 Å². The summed E-state index contributed by atoms with van der Waals surface area (Å²) >= 11 is 0. The molecular formula is C16H8F12N2O4. The van der Waals surface area contributed by atoms with Crippen LogP contribution in [0.15, 0.2) is 24.3 Å². The van der Waals surface area contributed by atoms with Gasteiger partial charge < -0.3 is 30.4 Å². The molecule has 6 nitrogen and oxygen atoms in total. The van der Waals surface area contributed by atoms with Gasteiger partial charge in [-0.3, -0.25) is 0 Å². The van der Waals surface area contributed by atoms with Crippen molar-refractivity contribution in [2.24, 2.45) is 0 Å².